The fourth-order valence-corrected chi connectivity index (χ4v) is 5.59. The van der Waals surface area contributed by atoms with Crippen molar-refractivity contribution < 1.29 is 19.1 Å². The monoisotopic (exact) mass is 465 g/mol. The molecule has 1 fully saturated rings. The molecule has 0 radical (unpaired) electrons. The van der Waals surface area contributed by atoms with Crippen LogP contribution in [0.1, 0.15) is 25.7 Å². The third-order valence-electron chi connectivity index (χ3n) is 6.38. The largest absolute Gasteiger partial charge is 0.476 e. The molecule has 0 saturated carbocycles. The Morgan fingerprint density at radius 2 is 1.70 bits per heavy atom. The van der Waals surface area contributed by atoms with Crippen molar-refractivity contribution in [1.82, 2.24) is 4.90 Å². The molecular weight excluding hydrogens is 438 g/mol. The first-order valence-corrected chi connectivity index (χ1v) is 12.5. The summed E-state index contributed by atoms with van der Waals surface area (Å²) in [4.78, 5) is 45.3. The van der Waals surface area contributed by atoms with E-state index < -0.39 is 6.10 Å². The van der Waals surface area contributed by atoms with Crippen LogP contribution in [-0.2, 0) is 14.4 Å². The zero-order chi connectivity index (χ0) is 22.8. The molecule has 33 heavy (non-hydrogen) atoms. The number of para-hydroxylation sites is 3. The maximum atomic E-state index is 13.4. The minimum Gasteiger partial charge on any atom is -0.476 e. The van der Waals surface area contributed by atoms with Gasteiger partial charge in [-0.25, -0.2) is 0 Å². The lowest BCUT2D eigenvalue weighted by molar-refractivity contribution is -0.139. The summed E-state index contributed by atoms with van der Waals surface area (Å²) in [5, 5.41) is 0. The molecule has 1 saturated heterocycles. The molecule has 8 heteroatoms. The number of carbonyl (C=O) groups excluding carboxylic acids is 3. The normalized spacial score (nSPS) is 20.1. The van der Waals surface area contributed by atoms with Gasteiger partial charge in [-0.3, -0.25) is 14.4 Å². The zero-order valence-corrected chi connectivity index (χ0v) is 19.3. The van der Waals surface area contributed by atoms with Gasteiger partial charge in [0.05, 0.1) is 23.7 Å². The summed E-state index contributed by atoms with van der Waals surface area (Å²) in [6.45, 7) is 1.97. The van der Waals surface area contributed by atoms with Gasteiger partial charge < -0.3 is 19.4 Å². The number of ether oxygens (including phenoxy) is 1. The minimum absolute atomic E-state index is 0.00651. The number of nitrogens with zero attached hydrogens (tertiary/aromatic N) is 3. The Labute approximate surface area is 197 Å². The fraction of sp³-hybridized carbons (Fsp3) is 0.400. The highest BCUT2D eigenvalue weighted by molar-refractivity contribution is 8.00. The topological polar surface area (TPSA) is 70.2 Å². The number of hydrogen-bond donors (Lipinski definition) is 0. The van der Waals surface area contributed by atoms with Crippen LogP contribution in [0.25, 0.3) is 0 Å². The van der Waals surface area contributed by atoms with Gasteiger partial charge in [0.25, 0.3) is 5.91 Å². The Hall–Kier alpha value is -3.00. The van der Waals surface area contributed by atoms with Gasteiger partial charge in [-0.05, 0) is 43.5 Å². The number of rotatable bonds is 4. The highest BCUT2D eigenvalue weighted by Crippen LogP contribution is 2.36. The highest BCUT2D eigenvalue weighted by Gasteiger charge is 2.36. The van der Waals surface area contributed by atoms with Gasteiger partial charge in [0, 0.05) is 31.0 Å². The maximum absolute atomic E-state index is 13.4. The van der Waals surface area contributed by atoms with Crippen molar-refractivity contribution in [1.29, 1.82) is 0 Å². The second kappa shape index (κ2) is 9.47. The summed E-state index contributed by atoms with van der Waals surface area (Å²) >= 11 is 1.53. The standard InChI is InChI=1S/C25H27N3O4S/c29-23(12-15-27-19-9-3-5-11-22(19)33-17-24(27)30)28-16-21(25(31)26-13-6-1-7-14-26)32-20-10-4-2-8-18(20)28/h2-5,8-11,21H,1,6-7,12-17H2. The molecule has 5 rings (SSSR count). The lowest BCUT2D eigenvalue weighted by Gasteiger charge is -2.37. The van der Waals surface area contributed by atoms with Crippen molar-refractivity contribution in [3.63, 3.8) is 0 Å². The molecule has 2 aromatic rings. The van der Waals surface area contributed by atoms with Crippen LogP contribution in [0.5, 0.6) is 5.75 Å². The molecule has 0 aromatic heterocycles. The van der Waals surface area contributed by atoms with Gasteiger partial charge in [-0.15, -0.1) is 11.8 Å². The van der Waals surface area contributed by atoms with E-state index in [-0.39, 0.29) is 30.7 Å². The predicted molar refractivity (Wildman–Crippen MR) is 128 cm³/mol. The van der Waals surface area contributed by atoms with Crippen LogP contribution in [0.15, 0.2) is 53.4 Å². The molecule has 1 atom stereocenters. The molecule has 3 aliphatic heterocycles. The van der Waals surface area contributed by atoms with Crippen molar-refractivity contribution in [2.45, 2.75) is 36.7 Å². The van der Waals surface area contributed by atoms with Gasteiger partial charge >= 0.3 is 0 Å². The molecule has 0 aliphatic carbocycles. The van der Waals surface area contributed by atoms with Crippen molar-refractivity contribution in [2.75, 3.05) is 41.7 Å². The number of hydrogen-bond acceptors (Lipinski definition) is 5. The summed E-state index contributed by atoms with van der Waals surface area (Å²) < 4.78 is 6.03. The van der Waals surface area contributed by atoms with E-state index in [1.165, 1.54) is 11.8 Å². The SMILES string of the molecule is O=C(C1CN(C(=O)CCN2C(=O)CSc3ccccc32)c2ccccc2O1)N1CCCCC1. The van der Waals surface area contributed by atoms with Crippen molar-refractivity contribution >= 4 is 40.9 Å². The number of thioether (sulfide) groups is 1. The molecular formula is C25H27N3O4S. The Bertz CT molecular complexity index is 1070. The Balaban J connectivity index is 1.32. The fourth-order valence-electron chi connectivity index (χ4n) is 4.66. The third-order valence-corrected chi connectivity index (χ3v) is 7.42. The van der Waals surface area contributed by atoms with Gasteiger partial charge in [0.15, 0.2) is 6.10 Å². The van der Waals surface area contributed by atoms with Gasteiger partial charge in [0.2, 0.25) is 11.8 Å². The molecule has 0 spiro atoms. The van der Waals surface area contributed by atoms with Crippen LogP contribution in [0.2, 0.25) is 0 Å². The van der Waals surface area contributed by atoms with Crippen molar-refractivity contribution in [3.8, 4) is 5.75 Å². The van der Waals surface area contributed by atoms with Gasteiger partial charge in [-0.1, -0.05) is 24.3 Å². The number of anilines is 2. The van der Waals surface area contributed by atoms with E-state index in [9.17, 15) is 14.4 Å². The van der Waals surface area contributed by atoms with E-state index in [0.29, 0.717) is 23.7 Å². The van der Waals surface area contributed by atoms with Crippen LogP contribution < -0.4 is 14.5 Å². The molecule has 0 bridgehead atoms. The average Bonchev–Trinajstić information content (AvgIpc) is 2.87. The van der Waals surface area contributed by atoms with Gasteiger partial charge in [0.1, 0.15) is 5.75 Å². The summed E-state index contributed by atoms with van der Waals surface area (Å²) in [5.74, 6) is 0.748. The lowest BCUT2D eigenvalue weighted by atomic mass is 10.1. The molecule has 3 heterocycles. The van der Waals surface area contributed by atoms with E-state index in [1.807, 2.05) is 47.4 Å². The first-order chi connectivity index (χ1) is 16.1. The predicted octanol–water partition coefficient (Wildman–Crippen LogP) is 3.32. The van der Waals surface area contributed by atoms with E-state index >= 15 is 0 Å². The van der Waals surface area contributed by atoms with E-state index in [0.717, 1.165) is 42.9 Å². The smallest absolute Gasteiger partial charge is 0.265 e. The second-order valence-corrected chi connectivity index (χ2v) is 9.53. The van der Waals surface area contributed by atoms with Crippen LogP contribution >= 0.6 is 11.8 Å². The van der Waals surface area contributed by atoms with Crippen LogP contribution in [-0.4, -0.2) is 60.7 Å². The van der Waals surface area contributed by atoms with Gasteiger partial charge in [-0.2, -0.15) is 0 Å². The average molecular weight is 466 g/mol. The molecule has 0 N–H and O–H groups in total. The second-order valence-electron chi connectivity index (χ2n) is 8.52. The Kier molecular flexibility index (Phi) is 6.26. The molecule has 3 aliphatic rings. The summed E-state index contributed by atoms with van der Waals surface area (Å²) in [5.41, 5.74) is 1.53. The zero-order valence-electron chi connectivity index (χ0n) is 18.4. The molecule has 7 nitrogen and oxygen atoms in total. The number of likely N-dealkylation sites (tertiary alicyclic amines) is 1. The molecule has 2 aromatic carbocycles. The lowest BCUT2D eigenvalue weighted by Crippen LogP contribution is -2.53. The first-order valence-electron chi connectivity index (χ1n) is 11.5. The maximum Gasteiger partial charge on any atom is 0.265 e. The van der Waals surface area contributed by atoms with Crippen LogP contribution in [0.4, 0.5) is 11.4 Å². The number of carbonyl (C=O) groups is 3. The quantitative estimate of drug-likeness (QED) is 0.693. The Morgan fingerprint density at radius 3 is 2.52 bits per heavy atom. The summed E-state index contributed by atoms with van der Waals surface area (Å²) in [6.07, 6.45) is 2.60. The third kappa shape index (κ3) is 4.44. The minimum atomic E-state index is -0.712. The first kappa shape index (κ1) is 21.8. The molecule has 172 valence electrons. The van der Waals surface area contributed by atoms with Crippen molar-refractivity contribution in [3.05, 3.63) is 48.5 Å². The van der Waals surface area contributed by atoms with E-state index in [4.69, 9.17) is 4.74 Å². The van der Waals surface area contributed by atoms with E-state index in [2.05, 4.69) is 0 Å². The van der Waals surface area contributed by atoms with E-state index in [1.54, 1.807) is 15.9 Å². The van der Waals surface area contributed by atoms with Crippen LogP contribution in [0.3, 0.4) is 0 Å². The summed E-state index contributed by atoms with van der Waals surface area (Å²) in [7, 11) is 0. The van der Waals surface area contributed by atoms with Crippen LogP contribution in [0, 0.1) is 0 Å². The summed E-state index contributed by atoms with van der Waals surface area (Å²) in [6, 6.07) is 15.1. The number of amides is 3. The number of fused-ring (bicyclic) bond motifs is 2. The molecule has 3 amide bonds. The molecule has 1 unspecified atom stereocenters. The number of benzene rings is 2. The number of piperidine rings is 1. The highest BCUT2D eigenvalue weighted by atomic mass is 32.2. The van der Waals surface area contributed by atoms with Crippen molar-refractivity contribution in [2.24, 2.45) is 0 Å². The Morgan fingerprint density at radius 1 is 0.970 bits per heavy atom.